The summed E-state index contributed by atoms with van der Waals surface area (Å²) in [7, 11) is 2.65. The van der Waals surface area contributed by atoms with Gasteiger partial charge in [0.25, 0.3) is 0 Å². The van der Waals surface area contributed by atoms with Gasteiger partial charge in [-0.25, -0.2) is 13.6 Å². The van der Waals surface area contributed by atoms with E-state index in [4.69, 9.17) is 9.47 Å². The molecule has 1 aliphatic heterocycles. The van der Waals surface area contributed by atoms with Crippen LogP contribution in [0.25, 0.3) is 0 Å². The molecule has 1 heterocycles. The number of carbonyl (C=O) groups excluding carboxylic acids is 2. The van der Waals surface area contributed by atoms with Gasteiger partial charge < -0.3 is 14.4 Å². The Morgan fingerprint density at radius 1 is 1.33 bits per heavy atom. The lowest BCUT2D eigenvalue weighted by atomic mass is 10.0. The number of ether oxygens (including phenoxy) is 2. The van der Waals surface area contributed by atoms with E-state index in [2.05, 4.69) is 0 Å². The molecule has 0 aliphatic carbocycles. The first-order valence-electron chi connectivity index (χ1n) is 7.52. The number of hydrogen-bond donors (Lipinski definition) is 0. The van der Waals surface area contributed by atoms with Gasteiger partial charge in [-0.3, -0.25) is 9.69 Å². The minimum Gasteiger partial charge on any atom is -0.468 e. The molecule has 1 aromatic rings. The molecule has 0 saturated carbocycles. The number of esters is 1. The number of halogens is 2. The second kappa shape index (κ2) is 8.16. The van der Waals surface area contributed by atoms with Gasteiger partial charge in [0.05, 0.1) is 26.9 Å². The van der Waals surface area contributed by atoms with Crippen LogP contribution in [-0.2, 0) is 19.1 Å². The lowest BCUT2D eigenvalue weighted by Crippen LogP contribution is -2.46. The molecule has 1 saturated heterocycles. The van der Waals surface area contributed by atoms with Crippen molar-refractivity contribution in [1.29, 1.82) is 0 Å². The zero-order chi connectivity index (χ0) is 17.7. The zero-order valence-corrected chi connectivity index (χ0v) is 13.6. The minimum atomic E-state index is -1.21. The molecule has 24 heavy (non-hydrogen) atoms. The molecule has 0 N–H and O–H groups in total. The number of methoxy groups -OCH3 is 1. The summed E-state index contributed by atoms with van der Waals surface area (Å²) in [6, 6.07) is 1.63. The molecule has 1 amide bonds. The zero-order valence-electron chi connectivity index (χ0n) is 13.6. The lowest BCUT2D eigenvalue weighted by Gasteiger charge is -2.31. The molecule has 0 aromatic heterocycles. The number of carbonyl (C=O) groups is 2. The largest absolute Gasteiger partial charge is 0.468 e. The second-order valence-corrected chi connectivity index (χ2v) is 5.50. The highest BCUT2D eigenvalue weighted by atomic mass is 19.1. The number of morpholine rings is 1. The van der Waals surface area contributed by atoms with Crippen molar-refractivity contribution in [3.05, 3.63) is 35.4 Å². The van der Waals surface area contributed by atoms with Crippen LogP contribution in [0.5, 0.6) is 0 Å². The van der Waals surface area contributed by atoms with E-state index in [1.165, 1.54) is 11.9 Å². The van der Waals surface area contributed by atoms with Gasteiger partial charge in [0.2, 0.25) is 5.91 Å². The monoisotopic (exact) mass is 342 g/mol. The Hall–Kier alpha value is -2.06. The van der Waals surface area contributed by atoms with Crippen molar-refractivity contribution in [1.82, 2.24) is 9.80 Å². The van der Waals surface area contributed by atoms with Crippen LogP contribution in [0.1, 0.15) is 11.6 Å². The smallest absolute Gasteiger partial charge is 0.327 e. The number of hydrogen-bond acceptors (Lipinski definition) is 5. The van der Waals surface area contributed by atoms with Crippen molar-refractivity contribution in [2.75, 3.05) is 47.0 Å². The van der Waals surface area contributed by atoms with E-state index in [0.29, 0.717) is 26.3 Å². The number of benzene rings is 1. The Morgan fingerprint density at radius 3 is 2.62 bits per heavy atom. The van der Waals surface area contributed by atoms with Gasteiger partial charge >= 0.3 is 5.97 Å². The van der Waals surface area contributed by atoms with Crippen molar-refractivity contribution in [2.45, 2.75) is 6.04 Å². The summed E-state index contributed by atoms with van der Waals surface area (Å²) < 4.78 is 37.4. The Balaban J connectivity index is 2.19. The summed E-state index contributed by atoms with van der Waals surface area (Å²) in [5.74, 6) is -2.39. The number of likely N-dealkylation sites (N-methyl/N-ethyl adjacent to an activating group) is 1. The SMILES string of the molecule is COC(=O)[C@@H](c1cc(F)ccc1F)N(C)CC(=O)N1CCOCC1. The van der Waals surface area contributed by atoms with Crippen LogP contribution < -0.4 is 0 Å². The third-order valence-electron chi connectivity index (χ3n) is 3.87. The van der Waals surface area contributed by atoms with Gasteiger partial charge in [-0.2, -0.15) is 0 Å². The highest BCUT2D eigenvalue weighted by Crippen LogP contribution is 2.24. The average Bonchev–Trinajstić information content (AvgIpc) is 2.58. The van der Waals surface area contributed by atoms with E-state index in [-0.39, 0.29) is 18.0 Å². The Bertz CT molecular complexity index is 606. The fourth-order valence-electron chi connectivity index (χ4n) is 2.60. The minimum absolute atomic E-state index is 0.129. The fourth-order valence-corrected chi connectivity index (χ4v) is 2.60. The van der Waals surface area contributed by atoms with Crippen LogP contribution in [-0.4, -0.2) is 68.7 Å². The summed E-state index contributed by atoms with van der Waals surface area (Å²) in [6.45, 7) is 1.70. The lowest BCUT2D eigenvalue weighted by molar-refractivity contribution is -0.148. The highest BCUT2D eigenvalue weighted by Gasteiger charge is 2.31. The molecule has 1 aromatic carbocycles. The summed E-state index contributed by atoms with van der Waals surface area (Å²) in [5, 5.41) is 0. The predicted molar refractivity (Wildman–Crippen MR) is 81.1 cm³/mol. The van der Waals surface area contributed by atoms with Crippen molar-refractivity contribution >= 4 is 11.9 Å². The molecule has 0 spiro atoms. The molecule has 1 atom stereocenters. The van der Waals surface area contributed by atoms with E-state index in [9.17, 15) is 18.4 Å². The van der Waals surface area contributed by atoms with Crippen LogP contribution in [0, 0.1) is 11.6 Å². The second-order valence-electron chi connectivity index (χ2n) is 5.50. The third-order valence-corrected chi connectivity index (χ3v) is 3.87. The topological polar surface area (TPSA) is 59.1 Å². The molecule has 0 radical (unpaired) electrons. The first-order chi connectivity index (χ1) is 11.4. The fraction of sp³-hybridized carbons (Fsp3) is 0.500. The summed E-state index contributed by atoms with van der Waals surface area (Å²) in [4.78, 5) is 27.3. The van der Waals surface area contributed by atoms with Crippen molar-refractivity contribution in [2.24, 2.45) is 0 Å². The average molecular weight is 342 g/mol. The summed E-state index contributed by atoms with van der Waals surface area (Å²) in [6.07, 6.45) is 0. The van der Waals surface area contributed by atoms with Crippen molar-refractivity contribution < 1.29 is 27.8 Å². The highest BCUT2D eigenvalue weighted by molar-refractivity contribution is 5.81. The normalized spacial score (nSPS) is 16.1. The maximum Gasteiger partial charge on any atom is 0.327 e. The standard InChI is InChI=1S/C16H20F2N2O4/c1-19(10-14(21)20-5-7-24-8-6-20)15(16(22)23-2)12-9-11(17)3-4-13(12)18/h3-4,9,15H,5-8,10H2,1-2H3/t15-/m1/s1. The maximum absolute atomic E-state index is 14.1. The van der Waals surface area contributed by atoms with Crippen molar-refractivity contribution in [3.8, 4) is 0 Å². The molecular weight excluding hydrogens is 322 g/mol. The summed E-state index contributed by atoms with van der Waals surface area (Å²) >= 11 is 0. The quantitative estimate of drug-likeness (QED) is 0.747. The van der Waals surface area contributed by atoms with Gasteiger partial charge in [0.15, 0.2) is 0 Å². The van der Waals surface area contributed by atoms with Crippen LogP contribution in [0.4, 0.5) is 8.78 Å². The molecule has 0 bridgehead atoms. The molecule has 6 nitrogen and oxygen atoms in total. The van der Waals surface area contributed by atoms with Crippen LogP contribution in [0.3, 0.4) is 0 Å². The Morgan fingerprint density at radius 2 is 2.00 bits per heavy atom. The maximum atomic E-state index is 14.1. The first-order valence-corrected chi connectivity index (χ1v) is 7.52. The number of amides is 1. The number of rotatable bonds is 5. The first kappa shape index (κ1) is 18.3. The molecule has 2 rings (SSSR count). The Kier molecular flexibility index (Phi) is 6.22. The Labute approximate surface area is 138 Å². The van der Waals surface area contributed by atoms with E-state index < -0.39 is 23.6 Å². The van der Waals surface area contributed by atoms with Gasteiger partial charge in [-0.15, -0.1) is 0 Å². The third kappa shape index (κ3) is 4.27. The predicted octanol–water partition coefficient (Wildman–Crippen LogP) is 0.970. The molecular formula is C16H20F2N2O4. The molecule has 1 fully saturated rings. The van der Waals surface area contributed by atoms with Gasteiger partial charge in [-0.1, -0.05) is 0 Å². The molecule has 0 unspecified atom stereocenters. The van der Waals surface area contributed by atoms with Crippen LogP contribution >= 0.6 is 0 Å². The van der Waals surface area contributed by atoms with E-state index >= 15 is 0 Å². The van der Waals surface area contributed by atoms with E-state index in [1.807, 2.05) is 0 Å². The number of nitrogens with zero attached hydrogens (tertiary/aromatic N) is 2. The van der Waals surface area contributed by atoms with Gasteiger partial charge in [0.1, 0.15) is 17.7 Å². The van der Waals surface area contributed by atoms with Gasteiger partial charge in [-0.05, 0) is 25.2 Å². The molecule has 1 aliphatic rings. The molecule has 8 heteroatoms. The summed E-state index contributed by atoms with van der Waals surface area (Å²) in [5.41, 5.74) is -0.167. The van der Waals surface area contributed by atoms with Gasteiger partial charge in [0, 0.05) is 18.7 Å². The van der Waals surface area contributed by atoms with Crippen molar-refractivity contribution in [3.63, 3.8) is 0 Å². The van der Waals surface area contributed by atoms with E-state index in [0.717, 1.165) is 25.3 Å². The van der Waals surface area contributed by atoms with Crippen LogP contribution in [0.15, 0.2) is 18.2 Å². The van der Waals surface area contributed by atoms with Crippen LogP contribution in [0.2, 0.25) is 0 Å². The molecule has 132 valence electrons. The van der Waals surface area contributed by atoms with E-state index in [1.54, 1.807) is 4.90 Å².